The van der Waals surface area contributed by atoms with Crippen LogP contribution in [0.25, 0.3) is 0 Å². The van der Waals surface area contributed by atoms with Crippen molar-refractivity contribution < 1.29 is 4.79 Å². The number of carbonyl (C=O) groups excluding carboxylic acids is 1. The third-order valence-corrected chi connectivity index (χ3v) is 5.37. The zero-order chi connectivity index (χ0) is 17.4. The molecule has 0 aromatic carbocycles. The quantitative estimate of drug-likeness (QED) is 0.374. The molecule has 0 saturated carbocycles. The van der Waals surface area contributed by atoms with E-state index in [0.29, 0.717) is 24.9 Å². The number of piperidine rings is 1. The predicted octanol–water partition coefficient (Wildman–Crippen LogP) is 3.43. The van der Waals surface area contributed by atoms with Crippen LogP contribution in [0, 0.1) is 0 Å². The zero-order valence-electron chi connectivity index (χ0n) is 15.5. The molecule has 25 heavy (non-hydrogen) atoms. The van der Waals surface area contributed by atoms with E-state index in [0.717, 1.165) is 31.9 Å². The lowest BCUT2D eigenvalue weighted by Gasteiger charge is -2.33. The first kappa shape index (κ1) is 22.2. The minimum atomic E-state index is 0. The Morgan fingerprint density at radius 1 is 1.44 bits per heavy atom. The molecule has 0 radical (unpaired) electrons. The second-order valence-electron chi connectivity index (χ2n) is 6.52. The Labute approximate surface area is 172 Å². The number of likely N-dealkylation sites (tertiary alicyclic amines) is 1. The average molecular weight is 478 g/mol. The van der Waals surface area contributed by atoms with Gasteiger partial charge in [-0.3, -0.25) is 9.79 Å². The van der Waals surface area contributed by atoms with E-state index in [2.05, 4.69) is 46.3 Å². The monoisotopic (exact) mass is 478 g/mol. The average Bonchev–Trinajstić information content (AvgIpc) is 3.12. The molecule has 1 saturated heterocycles. The standard InChI is InChI=1S/C18H30N4OS.HI/c1-14(16-8-11-24-13-16)12-21-18(19-3)20-9-7-17(23)22-10-5-4-6-15(22)2;/h8,11,13-15H,4-7,9-10,12H2,1-3H3,(H2,19,20,21);1H. The molecule has 1 fully saturated rings. The number of halogens is 1. The normalized spacial score (nSPS) is 19.1. The number of thiophene rings is 1. The first-order chi connectivity index (χ1) is 11.6. The van der Waals surface area contributed by atoms with Crippen LogP contribution < -0.4 is 10.6 Å². The van der Waals surface area contributed by atoms with Gasteiger partial charge in [0.1, 0.15) is 0 Å². The van der Waals surface area contributed by atoms with Gasteiger partial charge in [0.05, 0.1) is 0 Å². The van der Waals surface area contributed by atoms with Gasteiger partial charge in [0.25, 0.3) is 0 Å². The van der Waals surface area contributed by atoms with Crippen LogP contribution in [-0.4, -0.2) is 49.5 Å². The van der Waals surface area contributed by atoms with Crippen LogP contribution in [0.5, 0.6) is 0 Å². The number of nitrogens with zero attached hydrogens (tertiary/aromatic N) is 2. The number of hydrogen-bond donors (Lipinski definition) is 2. The molecule has 1 aromatic heterocycles. The van der Waals surface area contributed by atoms with Crippen molar-refractivity contribution in [2.24, 2.45) is 4.99 Å². The molecule has 2 heterocycles. The Balaban J connectivity index is 0.00000312. The SMILES string of the molecule is CN=C(NCCC(=O)N1CCCCC1C)NCC(C)c1ccsc1.I. The summed E-state index contributed by atoms with van der Waals surface area (Å²) >= 11 is 1.72. The number of carbonyl (C=O) groups is 1. The van der Waals surface area contributed by atoms with E-state index in [1.165, 1.54) is 12.0 Å². The van der Waals surface area contributed by atoms with Gasteiger partial charge in [-0.1, -0.05) is 6.92 Å². The fourth-order valence-corrected chi connectivity index (χ4v) is 3.83. The van der Waals surface area contributed by atoms with Crippen molar-refractivity contribution in [1.82, 2.24) is 15.5 Å². The van der Waals surface area contributed by atoms with Crippen LogP contribution in [0.1, 0.15) is 51.0 Å². The van der Waals surface area contributed by atoms with Crippen LogP contribution in [0.3, 0.4) is 0 Å². The molecule has 2 N–H and O–H groups in total. The molecule has 0 bridgehead atoms. The summed E-state index contributed by atoms with van der Waals surface area (Å²) in [6.07, 6.45) is 4.02. The third-order valence-electron chi connectivity index (χ3n) is 4.67. The molecule has 1 amide bonds. The lowest BCUT2D eigenvalue weighted by molar-refractivity contribution is -0.134. The van der Waals surface area contributed by atoms with E-state index in [1.54, 1.807) is 18.4 Å². The van der Waals surface area contributed by atoms with Crippen molar-refractivity contribution in [3.8, 4) is 0 Å². The van der Waals surface area contributed by atoms with Crippen LogP contribution >= 0.6 is 35.3 Å². The summed E-state index contributed by atoms with van der Waals surface area (Å²) in [5.41, 5.74) is 1.34. The maximum Gasteiger partial charge on any atom is 0.224 e. The van der Waals surface area contributed by atoms with Gasteiger partial charge in [0.15, 0.2) is 5.96 Å². The molecule has 1 aliphatic heterocycles. The molecule has 142 valence electrons. The first-order valence-electron chi connectivity index (χ1n) is 8.88. The maximum atomic E-state index is 12.3. The van der Waals surface area contributed by atoms with E-state index < -0.39 is 0 Å². The van der Waals surface area contributed by atoms with Crippen molar-refractivity contribution in [2.45, 2.75) is 51.5 Å². The molecule has 0 aliphatic carbocycles. The highest BCUT2D eigenvalue weighted by Gasteiger charge is 2.22. The Morgan fingerprint density at radius 2 is 2.24 bits per heavy atom. The fourth-order valence-electron chi connectivity index (χ4n) is 3.04. The maximum absolute atomic E-state index is 12.3. The Kier molecular flexibility index (Phi) is 10.4. The van der Waals surface area contributed by atoms with Crippen LogP contribution in [0.4, 0.5) is 0 Å². The summed E-state index contributed by atoms with van der Waals surface area (Å²) in [6.45, 7) is 6.70. The molecule has 0 spiro atoms. The number of guanidine groups is 1. The van der Waals surface area contributed by atoms with Gasteiger partial charge in [-0.15, -0.1) is 24.0 Å². The minimum Gasteiger partial charge on any atom is -0.356 e. The topological polar surface area (TPSA) is 56.7 Å². The lowest BCUT2D eigenvalue weighted by Crippen LogP contribution is -2.44. The zero-order valence-corrected chi connectivity index (χ0v) is 18.6. The fraction of sp³-hybridized carbons (Fsp3) is 0.667. The summed E-state index contributed by atoms with van der Waals surface area (Å²) in [5.74, 6) is 1.44. The van der Waals surface area contributed by atoms with Crippen LogP contribution in [0.2, 0.25) is 0 Å². The Morgan fingerprint density at radius 3 is 2.88 bits per heavy atom. The summed E-state index contributed by atoms with van der Waals surface area (Å²) in [5, 5.41) is 10.9. The largest absolute Gasteiger partial charge is 0.356 e. The molecule has 1 aliphatic rings. The van der Waals surface area contributed by atoms with Gasteiger partial charge in [0, 0.05) is 39.1 Å². The van der Waals surface area contributed by atoms with Gasteiger partial charge in [0.2, 0.25) is 5.91 Å². The highest BCUT2D eigenvalue weighted by atomic mass is 127. The number of nitrogens with one attached hydrogen (secondary N) is 2. The molecule has 1 aromatic rings. The lowest BCUT2D eigenvalue weighted by atomic mass is 10.0. The second-order valence-corrected chi connectivity index (χ2v) is 7.30. The van der Waals surface area contributed by atoms with Gasteiger partial charge in [-0.05, 0) is 54.5 Å². The summed E-state index contributed by atoms with van der Waals surface area (Å²) in [7, 11) is 1.76. The highest BCUT2D eigenvalue weighted by molar-refractivity contribution is 14.0. The molecular weight excluding hydrogens is 447 g/mol. The van der Waals surface area contributed by atoms with E-state index in [1.807, 2.05) is 4.90 Å². The van der Waals surface area contributed by atoms with Gasteiger partial charge < -0.3 is 15.5 Å². The summed E-state index contributed by atoms with van der Waals surface area (Å²) in [6, 6.07) is 2.54. The van der Waals surface area contributed by atoms with E-state index in [-0.39, 0.29) is 29.9 Å². The van der Waals surface area contributed by atoms with E-state index >= 15 is 0 Å². The summed E-state index contributed by atoms with van der Waals surface area (Å²) in [4.78, 5) is 18.6. The number of amides is 1. The number of rotatable bonds is 6. The van der Waals surface area contributed by atoms with Gasteiger partial charge in [-0.2, -0.15) is 11.3 Å². The van der Waals surface area contributed by atoms with Crippen LogP contribution in [0.15, 0.2) is 21.8 Å². The second kappa shape index (κ2) is 11.7. The number of hydrogen-bond acceptors (Lipinski definition) is 3. The van der Waals surface area contributed by atoms with Crippen molar-refractivity contribution in [3.63, 3.8) is 0 Å². The van der Waals surface area contributed by atoms with Crippen LogP contribution in [-0.2, 0) is 4.79 Å². The van der Waals surface area contributed by atoms with Crippen molar-refractivity contribution in [2.75, 3.05) is 26.7 Å². The predicted molar refractivity (Wildman–Crippen MR) is 117 cm³/mol. The molecule has 7 heteroatoms. The Hall–Kier alpha value is -0.830. The molecule has 2 atom stereocenters. The third kappa shape index (κ3) is 7.13. The van der Waals surface area contributed by atoms with Gasteiger partial charge >= 0.3 is 0 Å². The minimum absolute atomic E-state index is 0. The van der Waals surface area contributed by atoms with E-state index in [9.17, 15) is 4.79 Å². The smallest absolute Gasteiger partial charge is 0.224 e. The molecular formula is C18H31IN4OS. The molecule has 2 unspecified atom stereocenters. The Bertz CT molecular complexity index is 535. The van der Waals surface area contributed by atoms with Crippen molar-refractivity contribution in [3.05, 3.63) is 22.4 Å². The van der Waals surface area contributed by atoms with Crippen molar-refractivity contribution in [1.29, 1.82) is 0 Å². The highest BCUT2D eigenvalue weighted by Crippen LogP contribution is 2.17. The van der Waals surface area contributed by atoms with Crippen molar-refractivity contribution >= 4 is 47.2 Å². The molecule has 5 nitrogen and oxygen atoms in total. The van der Waals surface area contributed by atoms with Gasteiger partial charge in [-0.25, -0.2) is 0 Å². The molecule has 2 rings (SSSR count). The first-order valence-corrected chi connectivity index (χ1v) is 9.82. The number of aliphatic imine (C=N–C) groups is 1. The summed E-state index contributed by atoms with van der Waals surface area (Å²) < 4.78 is 0. The van der Waals surface area contributed by atoms with E-state index in [4.69, 9.17) is 0 Å².